The molecule has 0 spiro atoms. The van der Waals surface area contributed by atoms with E-state index in [1.54, 1.807) is 7.05 Å². The molecule has 0 saturated heterocycles. The van der Waals surface area contributed by atoms with Crippen LogP contribution < -0.4 is 11.2 Å². The van der Waals surface area contributed by atoms with Crippen molar-refractivity contribution in [3.63, 3.8) is 0 Å². The van der Waals surface area contributed by atoms with Crippen molar-refractivity contribution in [2.45, 2.75) is 24.3 Å². The molecule has 0 N–H and O–H groups in total. The molecule has 0 bridgehead atoms. The number of methoxy groups -OCH3 is 1. The molecule has 0 radical (unpaired) electrons. The molecule has 6 nitrogen and oxygen atoms in total. The Morgan fingerprint density at radius 1 is 1.37 bits per heavy atom. The molecule has 0 aliphatic rings. The highest BCUT2D eigenvalue weighted by atomic mass is 32.2. The van der Waals surface area contributed by atoms with Gasteiger partial charge in [0.05, 0.1) is 13.5 Å². The van der Waals surface area contributed by atoms with Gasteiger partial charge in [-0.05, 0) is 0 Å². The molecule has 0 amide bonds. The lowest BCUT2D eigenvalue weighted by atomic mass is 10.3. The summed E-state index contributed by atoms with van der Waals surface area (Å²) in [5.41, 5.74) is -0.0159. The Hall–Kier alpha value is -1.50. The lowest BCUT2D eigenvalue weighted by Crippen LogP contribution is -2.37. The smallest absolute Gasteiger partial charge is 0.330 e. The topological polar surface area (TPSA) is 70.3 Å². The van der Waals surface area contributed by atoms with Crippen molar-refractivity contribution in [2.75, 3.05) is 7.11 Å². The molecular weight excluding hydrogens is 268 g/mol. The first-order chi connectivity index (χ1) is 8.86. The molecule has 106 valence electrons. The summed E-state index contributed by atoms with van der Waals surface area (Å²) in [6.07, 6.45) is 0.306. The van der Waals surface area contributed by atoms with Crippen molar-refractivity contribution in [2.24, 2.45) is 14.1 Å². The summed E-state index contributed by atoms with van der Waals surface area (Å²) in [6.45, 7) is 1.90. The van der Waals surface area contributed by atoms with Gasteiger partial charge in [0.25, 0.3) is 5.56 Å². The second kappa shape index (κ2) is 6.60. The predicted octanol–water partition coefficient (Wildman–Crippen LogP) is 0.269. The van der Waals surface area contributed by atoms with Gasteiger partial charge in [-0.25, -0.2) is 4.79 Å². The van der Waals surface area contributed by atoms with E-state index < -0.39 is 0 Å². The zero-order valence-electron chi connectivity index (χ0n) is 11.5. The van der Waals surface area contributed by atoms with E-state index >= 15 is 0 Å². The maximum absolute atomic E-state index is 11.7. The number of rotatable bonds is 5. The predicted molar refractivity (Wildman–Crippen MR) is 74.3 cm³/mol. The summed E-state index contributed by atoms with van der Waals surface area (Å²) in [4.78, 5) is 34.4. The average Bonchev–Trinajstić information content (AvgIpc) is 2.38. The summed E-state index contributed by atoms with van der Waals surface area (Å²) in [6, 6.07) is 1.44. The number of thioether (sulfide) groups is 1. The summed E-state index contributed by atoms with van der Waals surface area (Å²) in [5.74, 6) is 0.234. The van der Waals surface area contributed by atoms with Gasteiger partial charge in [0, 0.05) is 36.9 Å². The van der Waals surface area contributed by atoms with E-state index in [4.69, 9.17) is 0 Å². The number of ether oxygens (including phenoxy) is 1. The molecule has 0 fully saturated rings. The normalized spacial score (nSPS) is 12.2. The van der Waals surface area contributed by atoms with Crippen LogP contribution in [0.4, 0.5) is 0 Å². The first-order valence-electron chi connectivity index (χ1n) is 5.81. The zero-order chi connectivity index (χ0) is 14.6. The molecule has 1 unspecified atom stereocenters. The third-order valence-electron chi connectivity index (χ3n) is 2.82. The highest BCUT2D eigenvalue weighted by Gasteiger charge is 2.12. The van der Waals surface area contributed by atoms with E-state index in [-0.39, 0.29) is 22.5 Å². The quantitative estimate of drug-likeness (QED) is 0.727. The number of hydrogen-bond acceptors (Lipinski definition) is 5. The van der Waals surface area contributed by atoms with Crippen LogP contribution >= 0.6 is 11.8 Å². The Morgan fingerprint density at radius 2 is 2.00 bits per heavy atom. The van der Waals surface area contributed by atoms with Gasteiger partial charge in [-0.1, -0.05) is 6.92 Å². The van der Waals surface area contributed by atoms with Crippen molar-refractivity contribution in [1.29, 1.82) is 0 Å². The highest BCUT2D eigenvalue weighted by Crippen LogP contribution is 2.18. The fourth-order valence-corrected chi connectivity index (χ4v) is 2.51. The maximum atomic E-state index is 11.7. The SMILES string of the molecule is COC(=O)CC(C)SCc1cc(=O)n(C)c(=O)n1C. The molecule has 19 heavy (non-hydrogen) atoms. The Labute approximate surface area is 115 Å². The Balaban J connectivity index is 2.77. The molecule has 1 heterocycles. The molecule has 0 saturated carbocycles. The number of nitrogens with zero attached hydrogens (tertiary/aromatic N) is 2. The van der Waals surface area contributed by atoms with Crippen LogP contribution in [-0.4, -0.2) is 27.5 Å². The highest BCUT2D eigenvalue weighted by molar-refractivity contribution is 7.99. The van der Waals surface area contributed by atoms with Gasteiger partial charge in [0.2, 0.25) is 0 Å². The molecular formula is C12H18N2O4S. The van der Waals surface area contributed by atoms with Crippen LogP contribution in [0, 0.1) is 0 Å². The van der Waals surface area contributed by atoms with Crippen LogP contribution in [0.5, 0.6) is 0 Å². The van der Waals surface area contributed by atoms with E-state index in [1.807, 2.05) is 6.92 Å². The van der Waals surface area contributed by atoms with E-state index in [2.05, 4.69) is 4.74 Å². The molecule has 7 heteroatoms. The van der Waals surface area contributed by atoms with Crippen LogP contribution in [0.3, 0.4) is 0 Å². The van der Waals surface area contributed by atoms with Gasteiger partial charge in [-0.15, -0.1) is 0 Å². The van der Waals surface area contributed by atoms with Gasteiger partial charge in [0.15, 0.2) is 0 Å². The van der Waals surface area contributed by atoms with Crippen LogP contribution in [0.15, 0.2) is 15.7 Å². The molecule has 1 aromatic rings. The molecule has 0 aliphatic carbocycles. The maximum Gasteiger partial charge on any atom is 0.330 e. The second-order valence-electron chi connectivity index (χ2n) is 4.28. The van der Waals surface area contributed by atoms with E-state index in [1.165, 1.54) is 36.6 Å². The largest absolute Gasteiger partial charge is 0.469 e. The van der Waals surface area contributed by atoms with Crippen molar-refractivity contribution in [1.82, 2.24) is 9.13 Å². The van der Waals surface area contributed by atoms with E-state index in [9.17, 15) is 14.4 Å². The Morgan fingerprint density at radius 3 is 2.58 bits per heavy atom. The molecule has 1 atom stereocenters. The lowest BCUT2D eigenvalue weighted by molar-refractivity contribution is -0.140. The summed E-state index contributed by atoms with van der Waals surface area (Å²) >= 11 is 1.50. The molecule has 1 rings (SSSR count). The first kappa shape index (κ1) is 15.6. The number of hydrogen-bond donors (Lipinski definition) is 0. The van der Waals surface area contributed by atoms with Crippen LogP contribution in [0.2, 0.25) is 0 Å². The van der Waals surface area contributed by atoms with Gasteiger partial charge < -0.3 is 4.74 Å². The van der Waals surface area contributed by atoms with Gasteiger partial charge >= 0.3 is 11.7 Å². The summed E-state index contributed by atoms with van der Waals surface area (Å²) in [5, 5.41) is 0.0617. The molecule has 0 aromatic carbocycles. The summed E-state index contributed by atoms with van der Waals surface area (Å²) in [7, 11) is 4.43. The van der Waals surface area contributed by atoms with Crippen LogP contribution in [0.1, 0.15) is 19.0 Å². The third-order valence-corrected chi connectivity index (χ3v) is 4.02. The lowest BCUT2D eigenvalue weighted by Gasteiger charge is -2.12. The zero-order valence-corrected chi connectivity index (χ0v) is 12.3. The van der Waals surface area contributed by atoms with Crippen LogP contribution in [0.25, 0.3) is 0 Å². The number of aromatic nitrogens is 2. The first-order valence-corrected chi connectivity index (χ1v) is 6.86. The fraction of sp³-hybridized carbons (Fsp3) is 0.583. The number of carbonyl (C=O) groups excluding carboxylic acids is 1. The van der Waals surface area contributed by atoms with Gasteiger partial charge in [-0.2, -0.15) is 11.8 Å². The minimum absolute atomic E-state index is 0.0617. The van der Waals surface area contributed by atoms with E-state index in [0.29, 0.717) is 17.9 Å². The monoisotopic (exact) mass is 286 g/mol. The minimum Gasteiger partial charge on any atom is -0.469 e. The summed E-state index contributed by atoms with van der Waals surface area (Å²) < 4.78 is 7.10. The Bertz CT molecular complexity index is 576. The van der Waals surface area contributed by atoms with Gasteiger partial charge in [0.1, 0.15) is 0 Å². The van der Waals surface area contributed by atoms with Crippen molar-refractivity contribution in [3.05, 3.63) is 32.6 Å². The standard InChI is InChI=1S/C12H18N2O4S/c1-8(5-11(16)18-4)19-7-9-6-10(15)14(3)12(17)13(9)2/h6,8H,5,7H2,1-4H3. The third kappa shape index (κ3) is 3.99. The Kier molecular flexibility index (Phi) is 5.41. The second-order valence-corrected chi connectivity index (χ2v) is 5.70. The minimum atomic E-state index is -0.344. The van der Waals surface area contributed by atoms with Crippen molar-refractivity contribution in [3.8, 4) is 0 Å². The number of esters is 1. The van der Waals surface area contributed by atoms with E-state index in [0.717, 1.165) is 4.57 Å². The van der Waals surface area contributed by atoms with Gasteiger partial charge in [-0.3, -0.25) is 18.7 Å². The van der Waals surface area contributed by atoms with Crippen molar-refractivity contribution >= 4 is 17.7 Å². The number of carbonyl (C=O) groups is 1. The van der Waals surface area contributed by atoms with Crippen molar-refractivity contribution < 1.29 is 9.53 Å². The van der Waals surface area contributed by atoms with Crippen LogP contribution in [-0.2, 0) is 29.4 Å². The molecule has 0 aliphatic heterocycles. The fourth-order valence-electron chi connectivity index (χ4n) is 1.52. The average molecular weight is 286 g/mol. The molecule has 1 aromatic heterocycles.